The van der Waals surface area contributed by atoms with E-state index in [1.165, 1.54) is 0 Å². The summed E-state index contributed by atoms with van der Waals surface area (Å²) in [5, 5.41) is 14.3. The summed E-state index contributed by atoms with van der Waals surface area (Å²) in [6.07, 6.45) is -4.32. The Morgan fingerprint density at radius 1 is 1.27 bits per heavy atom. The van der Waals surface area contributed by atoms with Gasteiger partial charge in [-0.05, 0) is 6.42 Å². The Labute approximate surface area is 126 Å². The number of aliphatic hydroxyl groups excluding tert-OH is 1. The van der Waals surface area contributed by atoms with E-state index in [1.807, 2.05) is 0 Å². The van der Waals surface area contributed by atoms with Gasteiger partial charge < -0.3 is 20.5 Å². The first-order valence-electron chi connectivity index (χ1n) is 7.10. The second kappa shape index (κ2) is 7.59. The van der Waals surface area contributed by atoms with Crippen LogP contribution in [0.3, 0.4) is 0 Å². The number of alkyl halides is 3. The molecule has 0 unspecified atom stereocenters. The van der Waals surface area contributed by atoms with Gasteiger partial charge in [-0.25, -0.2) is 4.98 Å². The fourth-order valence-corrected chi connectivity index (χ4v) is 2.11. The van der Waals surface area contributed by atoms with Crippen LogP contribution < -0.4 is 10.6 Å². The number of hydrogen-bond acceptors (Lipinski definition) is 6. The SMILES string of the molecule is OCCNc1nc(NCCC(F)(F)F)cc([C@@H]2CCOC2)n1. The van der Waals surface area contributed by atoms with Crippen molar-refractivity contribution >= 4 is 11.8 Å². The summed E-state index contributed by atoms with van der Waals surface area (Å²) >= 11 is 0. The van der Waals surface area contributed by atoms with Gasteiger partial charge in [-0.3, -0.25) is 0 Å². The number of halogens is 3. The highest BCUT2D eigenvalue weighted by Gasteiger charge is 2.26. The van der Waals surface area contributed by atoms with Crippen LogP contribution in [0.4, 0.5) is 24.9 Å². The molecule has 1 atom stereocenters. The second-order valence-electron chi connectivity index (χ2n) is 5.00. The number of aromatic nitrogens is 2. The maximum absolute atomic E-state index is 12.2. The lowest BCUT2D eigenvalue weighted by Crippen LogP contribution is -2.17. The van der Waals surface area contributed by atoms with Crippen molar-refractivity contribution in [1.29, 1.82) is 0 Å². The molecule has 2 rings (SSSR count). The van der Waals surface area contributed by atoms with Crippen LogP contribution in [-0.4, -0.2) is 54.2 Å². The van der Waals surface area contributed by atoms with Crippen molar-refractivity contribution in [3.8, 4) is 0 Å². The lowest BCUT2D eigenvalue weighted by atomic mass is 10.0. The highest BCUT2D eigenvalue weighted by atomic mass is 19.4. The molecule has 0 amide bonds. The Kier molecular flexibility index (Phi) is 5.78. The molecule has 1 aromatic heterocycles. The molecule has 0 spiro atoms. The van der Waals surface area contributed by atoms with Crippen molar-refractivity contribution in [1.82, 2.24) is 9.97 Å². The van der Waals surface area contributed by atoms with Gasteiger partial charge in [-0.2, -0.15) is 18.2 Å². The van der Waals surface area contributed by atoms with E-state index in [4.69, 9.17) is 9.84 Å². The van der Waals surface area contributed by atoms with E-state index in [0.29, 0.717) is 19.0 Å². The summed E-state index contributed by atoms with van der Waals surface area (Å²) in [4.78, 5) is 8.44. The van der Waals surface area contributed by atoms with Gasteiger partial charge in [0.15, 0.2) is 0 Å². The van der Waals surface area contributed by atoms with Crippen LogP contribution in [0.15, 0.2) is 6.07 Å². The molecule has 0 radical (unpaired) electrons. The molecular formula is C13H19F3N4O2. The van der Waals surface area contributed by atoms with Gasteiger partial charge in [0, 0.05) is 31.7 Å². The van der Waals surface area contributed by atoms with Gasteiger partial charge in [0.1, 0.15) is 5.82 Å². The molecule has 124 valence electrons. The fourth-order valence-electron chi connectivity index (χ4n) is 2.11. The molecule has 1 aromatic rings. The lowest BCUT2D eigenvalue weighted by Gasteiger charge is -2.14. The Bertz CT molecular complexity index is 479. The summed E-state index contributed by atoms with van der Waals surface area (Å²) in [6.45, 7) is 1.12. The zero-order valence-corrected chi connectivity index (χ0v) is 12.0. The molecule has 6 nitrogen and oxygen atoms in total. The van der Waals surface area contributed by atoms with Crippen molar-refractivity contribution in [3.63, 3.8) is 0 Å². The number of nitrogens with one attached hydrogen (secondary N) is 2. The van der Waals surface area contributed by atoms with E-state index in [-0.39, 0.29) is 31.6 Å². The Balaban J connectivity index is 2.07. The van der Waals surface area contributed by atoms with Crippen LogP contribution >= 0.6 is 0 Å². The molecule has 3 N–H and O–H groups in total. The van der Waals surface area contributed by atoms with E-state index in [1.54, 1.807) is 6.07 Å². The Morgan fingerprint density at radius 3 is 2.73 bits per heavy atom. The normalized spacial score (nSPS) is 18.5. The van der Waals surface area contributed by atoms with E-state index in [2.05, 4.69) is 20.6 Å². The first-order valence-corrected chi connectivity index (χ1v) is 7.10. The minimum absolute atomic E-state index is 0.0863. The molecule has 9 heteroatoms. The number of aliphatic hydroxyl groups is 1. The fraction of sp³-hybridized carbons (Fsp3) is 0.692. The number of anilines is 2. The van der Waals surface area contributed by atoms with E-state index in [0.717, 1.165) is 12.1 Å². The van der Waals surface area contributed by atoms with Gasteiger partial charge in [0.05, 0.1) is 25.3 Å². The molecule has 1 fully saturated rings. The zero-order chi connectivity index (χ0) is 16.0. The average Bonchev–Trinajstić information content (AvgIpc) is 2.98. The maximum atomic E-state index is 12.2. The predicted molar refractivity (Wildman–Crippen MR) is 74.9 cm³/mol. The number of hydrogen-bond donors (Lipinski definition) is 3. The van der Waals surface area contributed by atoms with Crippen molar-refractivity contribution in [2.45, 2.75) is 24.9 Å². The Hall–Kier alpha value is -1.61. The third kappa shape index (κ3) is 5.30. The lowest BCUT2D eigenvalue weighted by molar-refractivity contribution is -0.131. The van der Waals surface area contributed by atoms with Crippen molar-refractivity contribution in [2.24, 2.45) is 0 Å². The second-order valence-corrected chi connectivity index (χ2v) is 5.00. The zero-order valence-electron chi connectivity index (χ0n) is 12.0. The summed E-state index contributed by atoms with van der Waals surface area (Å²) in [6, 6.07) is 1.65. The number of rotatable bonds is 7. The van der Waals surface area contributed by atoms with Gasteiger partial charge in [-0.1, -0.05) is 0 Å². The van der Waals surface area contributed by atoms with E-state index >= 15 is 0 Å². The topological polar surface area (TPSA) is 79.3 Å². The average molecular weight is 320 g/mol. The van der Waals surface area contributed by atoms with Crippen molar-refractivity contribution < 1.29 is 23.0 Å². The maximum Gasteiger partial charge on any atom is 0.390 e. The van der Waals surface area contributed by atoms with Gasteiger partial charge in [0.2, 0.25) is 5.95 Å². The van der Waals surface area contributed by atoms with Crippen LogP contribution in [0.25, 0.3) is 0 Å². The van der Waals surface area contributed by atoms with Crippen molar-refractivity contribution in [3.05, 3.63) is 11.8 Å². The summed E-state index contributed by atoms with van der Waals surface area (Å²) in [5.41, 5.74) is 0.724. The van der Waals surface area contributed by atoms with Gasteiger partial charge >= 0.3 is 6.18 Å². The van der Waals surface area contributed by atoms with Gasteiger partial charge in [0.25, 0.3) is 0 Å². The smallest absolute Gasteiger partial charge is 0.390 e. The molecule has 1 saturated heterocycles. The molecule has 0 aliphatic carbocycles. The third-order valence-electron chi connectivity index (χ3n) is 3.20. The predicted octanol–water partition coefficient (Wildman–Crippen LogP) is 1.75. The summed E-state index contributed by atoms with van der Waals surface area (Å²) in [7, 11) is 0. The Morgan fingerprint density at radius 2 is 2.09 bits per heavy atom. The van der Waals surface area contributed by atoms with Crippen LogP contribution in [0.2, 0.25) is 0 Å². The minimum atomic E-state index is -4.21. The number of nitrogens with zero attached hydrogens (tertiary/aromatic N) is 2. The van der Waals surface area contributed by atoms with Crippen molar-refractivity contribution in [2.75, 3.05) is 43.5 Å². The standard InChI is InChI=1S/C13H19F3N4O2/c14-13(15,16)2-3-17-11-7-10(9-1-6-22-8-9)19-12(20-11)18-4-5-21/h7,9,21H,1-6,8H2,(H2,17,18,19,20)/t9-/m1/s1. The highest BCUT2D eigenvalue weighted by Crippen LogP contribution is 2.26. The van der Waals surface area contributed by atoms with E-state index in [9.17, 15) is 13.2 Å². The van der Waals surface area contributed by atoms with Crippen LogP contribution in [-0.2, 0) is 4.74 Å². The van der Waals surface area contributed by atoms with Crippen LogP contribution in [0, 0.1) is 0 Å². The summed E-state index contributed by atoms with van der Waals surface area (Å²) < 4.78 is 41.9. The molecule has 2 heterocycles. The molecule has 0 bridgehead atoms. The van der Waals surface area contributed by atoms with Crippen LogP contribution in [0.5, 0.6) is 0 Å². The number of ether oxygens (including phenoxy) is 1. The highest BCUT2D eigenvalue weighted by molar-refractivity contribution is 5.43. The van der Waals surface area contributed by atoms with Gasteiger partial charge in [-0.15, -0.1) is 0 Å². The first-order chi connectivity index (χ1) is 10.5. The molecule has 1 aliphatic heterocycles. The monoisotopic (exact) mass is 320 g/mol. The summed E-state index contributed by atoms with van der Waals surface area (Å²) in [5.74, 6) is 0.732. The molecule has 0 saturated carbocycles. The molecule has 0 aromatic carbocycles. The van der Waals surface area contributed by atoms with E-state index < -0.39 is 12.6 Å². The molecular weight excluding hydrogens is 301 g/mol. The molecule has 22 heavy (non-hydrogen) atoms. The first kappa shape index (κ1) is 16.8. The largest absolute Gasteiger partial charge is 0.395 e. The third-order valence-corrected chi connectivity index (χ3v) is 3.20. The van der Waals surface area contributed by atoms with Crippen LogP contribution in [0.1, 0.15) is 24.5 Å². The molecule has 1 aliphatic rings. The minimum Gasteiger partial charge on any atom is -0.395 e. The quantitative estimate of drug-likeness (QED) is 0.710.